The topological polar surface area (TPSA) is 60.2 Å². The highest BCUT2D eigenvalue weighted by molar-refractivity contribution is 5.44. The monoisotopic (exact) mass is 217 g/mol. The summed E-state index contributed by atoms with van der Waals surface area (Å²) in [6, 6.07) is 5.81. The van der Waals surface area contributed by atoms with Gasteiger partial charge in [-0.15, -0.1) is 0 Å². The van der Waals surface area contributed by atoms with Crippen molar-refractivity contribution in [3.63, 3.8) is 0 Å². The van der Waals surface area contributed by atoms with Crippen LogP contribution in [0.5, 0.6) is 0 Å². The first kappa shape index (κ1) is 10.9. The van der Waals surface area contributed by atoms with E-state index in [0.717, 1.165) is 18.8 Å². The third-order valence-corrected chi connectivity index (χ3v) is 3.24. The molecular formula is C12H15N3O. The summed E-state index contributed by atoms with van der Waals surface area (Å²) in [5.41, 5.74) is 0.566. The summed E-state index contributed by atoms with van der Waals surface area (Å²) in [5.74, 6) is 1.34. The van der Waals surface area contributed by atoms with E-state index in [1.165, 1.54) is 0 Å². The smallest absolute Gasteiger partial charge is 0.128 e. The maximum atomic E-state index is 9.35. The van der Waals surface area contributed by atoms with Crippen molar-refractivity contribution in [2.45, 2.75) is 19.4 Å². The molecule has 1 fully saturated rings. The SMILES string of the molecule is CC1CCN(c2ccc(C#N)cn2)C1CO. The van der Waals surface area contributed by atoms with Crippen LogP contribution in [0.25, 0.3) is 0 Å². The Bertz CT molecular complexity index is 396. The minimum atomic E-state index is 0.153. The van der Waals surface area contributed by atoms with Gasteiger partial charge >= 0.3 is 0 Å². The molecular weight excluding hydrogens is 202 g/mol. The molecule has 1 N–H and O–H groups in total. The van der Waals surface area contributed by atoms with Gasteiger partial charge in [0, 0.05) is 12.7 Å². The van der Waals surface area contributed by atoms with Crippen LogP contribution in [0.3, 0.4) is 0 Å². The molecule has 84 valence electrons. The third-order valence-electron chi connectivity index (χ3n) is 3.24. The summed E-state index contributed by atoms with van der Waals surface area (Å²) < 4.78 is 0. The standard InChI is InChI=1S/C12H15N3O/c1-9-4-5-15(11(9)8-16)12-3-2-10(6-13)7-14-12/h2-3,7,9,11,16H,4-5,8H2,1H3. The Hall–Kier alpha value is -1.60. The van der Waals surface area contributed by atoms with Crippen molar-refractivity contribution in [1.29, 1.82) is 5.26 Å². The molecule has 1 aliphatic rings. The average Bonchev–Trinajstić information content (AvgIpc) is 2.70. The second-order valence-electron chi connectivity index (χ2n) is 4.23. The second-order valence-corrected chi connectivity index (χ2v) is 4.23. The zero-order valence-corrected chi connectivity index (χ0v) is 9.30. The molecule has 1 saturated heterocycles. The largest absolute Gasteiger partial charge is 0.394 e. The Balaban J connectivity index is 2.21. The molecule has 4 heteroatoms. The first-order chi connectivity index (χ1) is 7.76. The molecule has 0 amide bonds. The van der Waals surface area contributed by atoms with Gasteiger partial charge in [0.2, 0.25) is 0 Å². The van der Waals surface area contributed by atoms with Gasteiger partial charge in [-0.25, -0.2) is 4.98 Å². The van der Waals surface area contributed by atoms with Gasteiger partial charge in [0.25, 0.3) is 0 Å². The van der Waals surface area contributed by atoms with E-state index in [2.05, 4.69) is 16.8 Å². The molecule has 2 atom stereocenters. The zero-order valence-electron chi connectivity index (χ0n) is 9.30. The Morgan fingerprint density at radius 1 is 1.62 bits per heavy atom. The van der Waals surface area contributed by atoms with Crippen LogP contribution in [0, 0.1) is 17.2 Å². The van der Waals surface area contributed by atoms with E-state index in [1.54, 1.807) is 12.3 Å². The molecule has 0 aliphatic carbocycles. The van der Waals surface area contributed by atoms with Gasteiger partial charge in [-0.2, -0.15) is 5.26 Å². The number of aliphatic hydroxyl groups excluding tert-OH is 1. The van der Waals surface area contributed by atoms with Gasteiger partial charge in [0.15, 0.2) is 0 Å². The Morgan fingerprint density at radius 2 is 2.44 bits per heavy atom. The first-order valence-corrected chi connectivity index (χ1v) is 5.50. The van der Waals surface area contributed by atoms with Crippen LogP contribution in [0.4, 0.5) is 5.82 Å². The average molecular weight is 217 g/mol. The number of pyridine rings is 1. The summed E-state index contributed by atoms with van der Waals surface area (Å²) in [7, 11) is 0. The highest BCUT2D eigenvalue weighted by atomic mass is 16.3. The molecule has 2 heterocycles. The van der Waals surface area contributed by atoms with E-state index >= 15 is 0 Å². The molecule has 0 radical (unpaired) electrons. The van der Waals surface area contributed by atoms with Crippen molar-refractivity contribution in [2.24, 2.45) is 5.92 Å². The van der Waals surface area contributed by atoms with Crippen LogP contribution >= 0.6 is 0 Å². The van der Waals surface area contributed by atoms with E-state index in [1.807, 2.05) is 12.1 Å². The van der Waals surface area contributed by atoms with E-state index in [-0.39, 0.29) is 12.6 Å². The van der Waals surface area contributed by atoms with Crippen LogP contribution in [-0.4, -0.2) is 29.3 Å². The summed E-state index contributed by atoms with van der Waals surface area (Å²) in [5, 5.41) is 18.0. The lowest BCUT2D eigenvalue weighted by Gasteiger charge is -2.26. The lowest BCUT2D eigenvalue weighted by atomic mass is 10.0. The molecule has 16 heavy (non-hydrogen) atoms. The summed E-state index contributed by atoms with van der Waals surface area (Å²) >= 11 is 0. The molecule has 4 nitrogen and oxygen atoms in total. The number of nitrogens with zero attached hydrogens (tertiary/aromatic N) is 3. The highest BCUT2D eigenvalue weighted by Gasteiger charge is 2.31. The normalized spacial score (nSPS) is 24.4. The summed E-state index contributed by atoms with van der Waals surface area (Å²) in [6.45, 7) is 3.22. The van der Waals surface area contributed by atoms with Gasteiger partial charge in [0.1, 0.15) is 11.9 Å². The van der Waals surface area contributed by atoms with Crippen molar-refractivity contribution < 1.29 is 5.11 Å². The second kappa shape index (κ2) is 4.50. The number of rotatable bonds is 2. The maximum absolute atomic E-state index is 9.35. The van der Waals surface area contributed by atoms with Gasteiger partial charge in [-0.05, 0) is 24.5 Å². The minimum absolute atomic E-state index is 0.153. The van der Waals surface area contributed by atoms with Crippen molar-refractivity contribution in [3.8, 4) is 6.07 Å². The number of aliphatic hydroxyl groups is 1. The van der Waals surface area contributed by atoms with E-state index in [4.69, 9.17) is 5.26 Å². The predicted molar refractivity (Wildman–Crippen MR) is 61.0 cm³/mol. The summed E-state index contributed by atoms with van der Waals surface area (Å²) in [6.07, 6.45) is 2.65. The molecule has 0 bridgehead atoms. The molecule has 0 aromatic carbocycles. The van der Waals surface area contributed by atoms with Crippen LogP contribution in [0.2, 0.25) is 0 Å². The molecule has 2 unspecified atom stereocenters. The molecule has 1 aromatic heterocycles. The molecule has 1 aromatic rings. The Morgan fingerprint density at radius 3 is 3.00 bits per heavy atom. The van der Waals surface area contributed by atoms with Crippen LogP contribution in [0.15, 0.2) is 18.3 Å². The molecule has 0 saturated carbocycles. The fourth-order valence-corrected chi connectivity index (χ4v) is 2.19. The Kier molecular flexibility index (Phi) is 3.07. The lowest BCUT2D eigenvalue weighted by Crippen LogP contribution is -2.35. The maximum Gasteiger partial charge on any atom is 0.128 e. The number of aromatic nitrogens is 1. The van der Waals surface area contributed by atoms with Crippen LogP contribution < -0.4 is 4.90 Å². The van der Waals surface area contributed by atoms with E-state index in [9.17, 15) is 5.11 Å². The fraction of sp³-hybridized carbons (Fsp3) is 0.500. The van der Waals surface area contributed by atoms with Gasteiger partial charge < -0.3 is 10.0 Å². The summed E-state index contributed by atoms with van der Waals surface area (Å²) in [4.78, 5) is 6.37. The third kappa shape index (κ3) is 1.86. The predicted octanol–water partition coefficient (Wildman–Crippen LogP) is 1.16. The molecule has 2 rings (SSSR count). The number of nitriles is 1. The van der Waals surface area contributed by atoms with Gasteiger partial charge in [0.05, 0.1) is 18.2 Å². The quantitative estimate of drug-likeness (QED) is 0.807. The molecule has 1 aliphatic heterocycles. The first-order valence-electron chi connectivity index (χ1n) is 5.50. The number of hydrogen-bond donors (Lipinski definition) is 1. The highest BCUT2D eigenvalue weighted by Crippen LogP contribution is 2.27. The Labute approximate surface area is 95.1 Å². The fourth-order valence-electron chi connectivity index (χ4n) is 2.19. The lowest BCUT2D eigenvalue weighted by molar-refractivity contribution is 0.244. The zero-order chi connectivity index (χ0) is 11.5. The minimum Gasteiger partial charge on any atom is -0.394 e. The number of hydrogen-bond acceptors (Lipinski definition) is 4. The van der Waals surface area contributed by atoms with Crippen LogP contribution in [-0.2, 0) is 0 Å². The van der Waals surface area contributed by atoms with E-state index < -0.39 is 0 Å². The van der Waals surface area contributed by atoms with Gasteiger partial charge in [-0.1, -0.05) is 6.92 Å². The number of anilines is 1. The van der Waals surface area contributed by atoms with Crippen molar-refractivity contribution in [3.05, 3.63) is 23.9 Å². The van der Waals surface area contributed by atoms with Gasteiger partial charge in [-0.3, -0.25) is 0 Å². The van der Waals surface area contributed by atoms with Crippen LogP contribution in [0.1, 0.15) is 18.9 Å². The molecule has 0 spiro atoms. The van der Waals surface area contributed by atoms with Crippen molar-refractivity contribution in [1.82, 2.24) is 4.98 Å². The van der Waals surface area contributed by atoms with Crippen molar-refractivity contribution >= 4 is 5.82 Å². The van der Waals surface area contributed by atoms with E-state index in [0.29, 0.717) is 11.5 Å². The van der Waals surface area contributed by atoms with Crippen molar-refractivity contribution in [2.75, 3.05) is 18.1 Å².